The predicted octanol–water partition coefficient (Wildman–Crippen LogP) is 3.39. The Morgan fingerprint density at radius 1 is 1.07 bits per heavy atom. The fourth-order valence-corrected chi connectivity index (χ4v) is 3.95. The average molecular weight is 382 g/mol. The van der Waals surface area contributed by atoms with Crippen LogP contribution >= 0.6 is 11.8 Å². The number of hydrogen-bond donors (Lipinski definition) is 0. The van der Waals surface area contributed by atoms with Gasteiger partial charge in [0.1, 0.15) is 16.6 Å². The maximum absolute atomic E-state index is 5.16. The highest BCUT2D eigenvalue weighted by Gasteiger charge is 2.19. The summed E-state index contributed by atoms with van der Waals surface area (Å²) in [6, 6.07) is 12.5. The van der Waals surface area contributed by atoms with Gasteiger partial charge in [0.25, 0.3) is 0 Å². The minimum absolute atomic E-state index is 0.837. The molecule has 27 heavy (non-hydrogen) atoms. The lowest BCUT2D eigenvalue weighted by Gasteiger charge is -2.34. The standard InChI is InChI=1S/C20H23N5OS/c1-16-11-18(23-26-16)14-24-7-9-25(10-8-24)19-12-21-13-20(22-19)27-15-17-5-3-2-4-6-17/h2-6,11-13H,7-10,14-15H2,1H3. The first-order valence-corrected chi connectivity index (χ1v) is 10.1. The smallest absolute Gasteiger partial charge is 0.148 e. The maximum Gasteiger partial charge on any atom is 0.148 e. The zero-order valence-electron chi connectivity index (χ0n) is 15.4. The van der Waals surface area contributed by atoms with E-state index in [1.807, 2.05) is 31.5 Å². The van der Waals surface area contributed by atoms with E-state index in [9.17, 15) is 0 Å². The fraction of sp³-hybridized carbons (Fsp3) is 0.350. The van der Waals surface area contributed by atoms with Crippen LogP contribution < -0.4 is 4.90 Å². The molecule has 1 aromatic carbocycles. The zero-order valence-corrected chi connectivity index (χ0v) is 16.2. The molecule has 0 spiro atoms. The summed E-state index contributed by atoms with van der Waals surface area (Å²) < 4.78 is 5.16. The molecule has 3 aromatic rings. The SMILES string of the molecule is Cc1cc(CN2CCN(c3cncc(SCc4ccccc4)n3)CC2)no1. The molecule has 2 aromatic heterocycles. The van der Waals surface area contributed by atoms with Crippen LogP contribution in [0, 0.1) is 6.92 Å². The predicted molar refractivity (Wildman–Crippen MR) is 107 cm³/mol. The van der Waals surface area contributed by atoms with Crippen LogP contribution in [0.2, 0.25) is 0 Å². The fourth-order valence-electron chi connectivity index (χ4n) is 3.15. The topological polar surface area (TPSA) is 58.3 Å². The summed E-state index contributed by atoms with van der Waals surface area (Å²) in [5.74, 6) is 2.73. The van der Waals surface area contributed by atoms with E-state index >= 15 is 0 Å². The van der Waals surface area contributed by atoms with Crippen LogP contribution in [0.4, 0.5) is 5.82 Å². The third-order valence-electron chi connectivity index (χ3n) is 4.59. The van der Waals surface area contributed by atoms with Crippen molar-refractivity contribution in [2.45, 2.75) is 24.2 Å². The van der Waals surface area contributed by atoms with E-state index in [1.54, 1.807) is 11.8 Å². The molecule has 1 aliphatic heterocycles. The van der Waals surface area contributed by atoms with Crippen LogP contribution in [0.25, 0.3) is 0 Å². The van der Waals surface area contributed by atoms with Crippen LogP contribution in [-0.4, -0.2) is 46.2 Å². The number of rotatable bonds is 6. The third-order valence-corrected chi connectivity index (χ3v) is 5.56. The van der Waals surface area contributed by atoms with Crippen LogP contribution in [0.15, 0.2) is 58.3 Å². The van der Waals surface area contributed by atoms with Gasteiger partial charge in [0, 0.05) is 44.5 Å². The van der Waals surface area contributed by atoms with Gasteiger partial charge >= 0.3 is 0 Å². The average Bonchev–Trinajstić information content (AvgIpc) is 3.13. The van der Waals surface area contributed by atoms with Gasteiger partial charge in [0.15, 0.2) is 0 Å². The first kappa shape index (κ1) is 18.0. The third kappa shape index (κ3) is 4.87. The Morgan fingerprint density at radius 2 is 1.89 bits per heavy atom. The Morgan fingerprint density at radius 3 is 2.63 bits per heavy atom. The molecular formula is C20H23N5OS. The van der Waals surface area contributed by atoms with Crippen molar-refractivity contribution in [2.75, 3.05) is 31.1 Å². The largest absolute Gasteiger partial charge is 0.361 e. The van der Waals surface area contributed by atoms with Gasteiger partial charge in [0.2, 0.25) is 0 Å². The molecule has 3 heterocycles. The number of nitrogens with zero attached hydrogens (tertiary/aromatic N) is 5. The maximum atomic E-state index is 5.16. The van der Waals surface area contributed by atoms with Crippen molar-refractivity contribution in [3.05, 3.63) is 65.8 Å². The van der Waals surface area contributed by atoms with Gasteiger partial charge in [-0.2, -0.15) is 0 Å². The van der Waals surface area contributed by atoms with Crippen molar-refractivity contribution < 1.29 is 4.52 Å². The van der Waals surface area contributed by atoms with Gasteiger partial charge in [-0.3, -0.25) is 9.88 Å². The molecule has 1 aliphatic rings. The zero-order chi connectivity index (χ0) is 18.5. The van der Waals surface area contributed by atoms with Gasteiger partial charge < -0.3 is 9.42 Å². The lowest BCUT2D eigenvalue weighted by Crippen LogP contribution is -2.46. The summed E-state index contributed by atoms with van der Waals surface area (Å²) in [6.45, 7) is 6.61. The molecule has 0 atom stereocenters. The van der Waals surface area contributed by atoms with Gasteiger partial charge in [-0.05, 0) is 12.5 Å². The van der Waals surface area contributed by atoms with Crippen molar-refractivity contribution in [3.8, 4) is 0 Å². The summed E-state index contributed by atoms with van der Waals surface area (Å²) in [4.78, 5) is 13.9. The van der Waals surface area contributed by atoms with Crippen molar-refractivity contribution in [3.63, 3.8) is 0 Å². The highest BCUT2D eigenvalue weighted by atomic mass is 32.2. The Bertz CT molecular complexity index is 862. The monoisotopic (exact) mass is 381 g/mol. The molecule has 6 nitrogen and oxygen atoms in total. The number of anilines is 1. The second-order valence-corrected chi connectivity index (χ2v) is 7.68. The molecule has 7 heteroatoms. The number of thioether (sulfide) groups is 1. The summed E-state index contributed by atoms with van der Waals surface area (Å²) in [7, 11) is 0. The minimum atomic E-state index is 0.837. The minimum Gasteiger partial charge on any atom is -0.361 e. The lowest BCUT2D eigenvalue weighted by atomic mass is 10.2. The van der Waals surface area contributed by atoms with Gasteiger partial charge in [0.05, 0.1) is 18.1 Å². The number of benzene rings is 1. The van der Waals surface area contributed by atoms with Crippen LogP contribution in [0.3, 0.4) is 0 Å². The molecule has 1 saturated heterocycles. The first-order chi connectivity index (χ1) is 13.3. The molecule has 0 bridgehead atoms. The molecule has 0 aliphatic carbocycles. The van der Waals surface area contributed by atoms with E-state index in [0.29, 0.717) is 0 Å². The number of aromatic nitrogens is 3. The Hall–Kier alpha value is -2.38. The molecule has 0 unspecified atom stereocenters. The van der Waals surface area contributed by atoms with E-state index in [4.69, 9.17) is 9.51 Å². The van der Waals surface area contributed by atoms with Crippen LogP contribution in [-0.2, 0) is 12.3 Å². The normalized spacial score (nSPS) is 15.2. The van der Waals surface area contributed by atoms with Crippen molar-refractivity contribution in [1.82, 2.24) is 20.0 Å². The number of hydrogen-bond acceptors (Lipinski definition) is 7. The lowest BCUT2D eigenvalue weighted by molar-refractivity contribution is 0.241. The van der Waals surface area contributed by atoms with E-state index in [0.717, 1.165) is 60.8 Å². The molecular weight excluding hydrogens is 358 g/mol. The highest BCUT2D eigenvalue weighted by Crippen LogP contribution is 2.23. The van der Waals surface area contributed by atoms with Crippen LogP contribution in [0.5, 0.6) is 0 Å². The van der Waals surface area contributed by atoms with Crippen molar-refractivity contribution in [2.24, 2.45) is 0 Å². The molecule has 0 saturated carbocycles. The van der Waals surface area contributed by atoms with E-state index in [1.165, 1.54) is 5.56 Å². The number of aryl methyl sites for hydroxylation is 1. The molecule has 4 rings (SSSR count). The highest BCUT2D eigenvalue weighted by molar-refractivity contribution is 7.98. The van der Waals surface area contributed by atoms with Gasteiger partial charge in [-0.15, -0.1) is 11.8 Å². The Balaban J connectivity index is 1.31. The molecule has 0 amide bonds. The Labute approximate surface area is 163 Å². The van der Waals surface area contributed by atoms with Crippen LogP contribution in [0.1, 0.15) is 17.0 Å². The first-order valence-electron chi connectivity index (χ1n) is 9.14. The second-order valence-electron chi connectivity index (χ2n) is 6.68. The van der Waals surface area contributed by atoms with Gasteiger partial charge in [-0.1, -0.05) is 35.5 Å². The molecule has 0 N–H and O–H groups in total. The van der Waals surface area contributed by atoms with Gasteiger partial charge in [-0.25, -0.2) is 4.98 Å². The summed E-state index contributed by atoms with van der Waals surface area (Å²) >= 11 is 1.73. The van der Waals surface area contributed by atoms with E-state index in [2.05, 4.69) is 44.2 Å². The molecule has 0 radical (unpaired) electrons. The van der Waals surface area contributed by atoms with E-state index < -0.39 is 0 Å². The molecule has 140 valence electrons. The summed E-state index contributed by atoms with van der Waals surface area (Å²) in [5.41, 5.74) is 2.30. The Kier molecular flexibility index (Phi) is 5.69. The van der Waals surface area contributed by atoms with Crippen molar-refractivity contribution >= 4 is 17.6 Å². The quantitative estimate of drug-likeness (QED) is 0.607. The van der Waals surface area contributed by atoms with Crippen molar-refractivity contribution in [1.29, 1.82) is 0 Å². The second kappa shape index (κ2) is 8.54. The number of piperazine rings is 1. The summed E-state index contributed by atoms with van der Waals surface area (Å²) in [6.07, 6.45) is 3.71. The summed E-state index contributed by atoms with van der Waals surface area (Å²) in [5, 5.41) is 5.06. The van der Waals surface area contributed by atoms with E-state index in [-0.39, 0.29) is 0 Å². The molecule has 1 fully saturated rings.